The first-order valence-electron chi connectivity index (χ1n) is 5.22. The average molecular weight is 194 g/mol. The van der Waals surface area contributed by atoms with Crippen LogP contribution in [0.5, 0.6) is 0 Å². The van der Waals surface area contributed by atoms with Crippen molar-refractivity contribution >= 4 is 5.91 Å². The first kappa shape index (κ1) is 11.1. The molecule has 1 heterocycles. The molecule has 2 N–H and O–H groups in total. The Bertz CT molecular complexity index is 236. The Hall–Kier alpha value is -1.01. The lowest BCUT2D eigenvalue weighted by atomic mass is 9.86. The molecule has 78 valence electrons. The smallest absolute Gasteiger partial charge is 0.295 e. The number of carbonyl (C=O) groups excluding carboxylic acids is 1. The van der Waals surface area contributed by atoms with Crippen molar-refractivity contribution in [1.29, 1.82) is 0 Å². The highest BCUT2D eigenvalue weighted by Crippen LogP contribution is 2.21. The number of amides is 1. The molecule has 0 radical (unpaired) electrons. The van der Waals surface area contributed by atoms with Gasteiger partial charge < -0.3 is 10.6 Å². The van der Waals surface area contributed by atoms with Crippen LogP contribution in [0, 0.1) is 12.3 Å². The van der Waals surface area contributed by atoms with Crippen LogP contribution in [0.1, 0.15) is 32.6 Å². The van der Waals surface area contributed by atoms with Crippen LogP contribution >= 0.6 is 0 Å². The minimum atomic E-state index is -0.315. The zero-order chi connectivity index (χ0) is 10.4. The number of rotatable bonds is 3. The number of hydrogen-bond acceptors (Lipinski definition) is 2. The molecule has 0 saturated carbocycles. The fraction of sp³-hybridized carbons (Fsp3) is 0.727. The highest BCUT2D eigenvalue weighted by Gasteiger charge is 2.29. The third kappa shape index (κ3) is 2.74. The van der Waals surface area contributed by atoms with Crippen LogP contribution in [0.25, 0.3) is 0 Å². The minimum Gasteiger partial charge on any atom is -0.343 e. The van der Waals surface area contributed by atoms with Crippen molar-refractivity contribution in [2.45, 2.75) is 38.1 Å². The second kappa shape index (κ2) is 5.02. The van der Waals surface area contributed by atoms with Gasteiger partial charge in [0.05, 0.1) is 0 Å². The van der Waals surface area contributed by atoms with Crippen molar-refractivity contribution < 1.29 is 4.79 Å². The van der Waals surface area contributed by atoms with Gasteiger partial charge in [-0.2, -0.15) is 0 Å². The van der Waals surface area contributed by atoms with Gasteiger partial charge in [-0.25, -0.2) is 0 Å². The molecule has 1 aliphatic heterocycles. The molecule has 1 atom stereocenters. The lowest BCUT2D eigenvalue weighted by Gasteiger charge is -2.37. The van der Waals surface area contributed by atoms with Crippen LogP contribution in [0.2, 0.25) is 0 Å². The van der Waals surface area contributed by atoms with Crippen LogP contribution in [0.15, 0.2) is 0 Å². The molecule has 0 aliphatic carbocycles. The van der Waals surface area contributed by atoms with E-state index in [4.69, 9.17) is 6.42 Å². The fourth-order valence-electron chi connectivity index (χ4n) is 1.91. The SMILES string of the molecule is C#CC(=O)NCC1(CC)CCCCN1. The topological polar surface area (TPSA) is 41.1 Å². The molecule has 0 bridgehead atoms. The van der Waals surface area contributed by atoms with Crippen LogP contribution in [0.3, 0.4) is 0 Å². The molecule has 1 rings (SSSR count). The summed E-state index contributed by atoms with van der Waals surface area (Å²) in [5.74, 6) is 1.75. The summed E-state index contributed by atoms with van der Waals surface area (Å²) in [6.07, 6.45) is 9.59. The van der Waals surface area contributed by atoms with E-state index in [2.05, 4.69) is 23.5 Å². The average Bonchev–Trinajstić information content (AvgIpc) is 2.27. The highest BCUT2D eigenvalue weighted by atomic mass is 16.1. The van der Waals surface area contributed by atoms with Crippen molar-refractivity contribution in [1.82, 2.24) is 10.6 Å². The van der Waals surface area contributed by atoms with Crippen molar-refractivity contribution in [3.63, 3.8) is 0 Å². The van der Waals surface area contributed by atoms with Crippen molar-refractivity contribution in [2.24, 2.45) is 0 Å². The van der Waals surface area contributed by atoms with E-state index < -0.39 is 0 Å². The fourth-order valence-corrected chi connectivity index (χ4v) is 1.91. The maximum Gasteiger partial charge on any atom is 0.295 e. The molecule has 3 heteroatoms. The van der Waals surface area contributed by atoms with Gasteiger partial charge >= 0.3 is 0 Å². The van der Waals surface area contributed by atoms with E-state index in [1.807, 2.05) is 0 Å². The van der Waals surface area contributed by atoms with Crippen LogP contribution in [0.4, 0.5) is 0 Å². The summed E-state index contributed by atoms with van der Waals surface area (Å²) in [6.45, 7) is 3.83. The summed E-state index contributed by atoms with van der Waals surface area (Å²) in [5.41, 5.74) is 0.0742. The third-order valence-electron chi connectivity index (χ3n) is 2.98. The van der Waals surface area contributed by atoms with Gasteiger partial charge in [0.2, 0.25) is 0 Å². The number of nitrogens with one attached hydrogen (secondary N) is 2. The highest BCUT2D eigenvalue weighted by molar-refractivity contribution is 5.92. The summed E-state index contributed by atoms with van der Waals surface area (Å²) < 4.78 is 0. The second-order valence-corrected chi connectivity index (χ2v) is 3.84. The Morgan fingerprint density at radius 2 is 2.43 bits per heavy atom. The van der Waals surface area contributed by atoms with E-state index in [9.17, 15) is 4.79 Å². The standard InChI is InChI=1S/C11H18N2O/c1-3-10(14)12-9-11(4-2)7-5-6-8-13-11/h1,13H,4-9H2,2H3,(H,12,14). The molecule has 0 spiro atoms. The summed E-state index contributed by atoms with van der Waals surface area (Å²) in [5, 5.41) is 6.23. The normalized spacial score (nSPS) is 26.6. The van der Waals surface area contributed by atoms with Gasteiger partial charge in [-0.3, -0.25) is 4.79 Å². The second-order valence-electron chi connectivity index (χ2n) is 3.84. The Kier molecular flexibility index (Phi) is 3.97. The number of carbonyl (C=O) groups is 1. The van der Waals surface area contributed by atoms with Crippen LogP contribution < -0.4 is 10.6 Å². The maximum absolute atomic E-state index is 10.9. The van der Waals surface area contributed by atoms with Gasteiger partial charge in [0.15, 0.2) is 0 Å². The molecular weight excluding hydrogens is 176 g/mol. The van der Waals surface area contributed by atoms with E-state index in [-0.39, 0.29) is 11.4 Å². The van der Waals surface area contributed by atoms with Crippen molar-refractivity contribution in [3.05, 3.63) is 0 Å². The zero-order valence-corrected chi connectivity index (χ0v) is 8.73. The molecule has 3 nitrogen and oxygen atoms in total. The molecule has 0 aromatic heterocycles. The molecule has 0 aromatic carbocycles. The Morgan fingerprint density at radius 3 is 2.93 bits per heavy atom. The first-order valence-corrected chi connectivity index (χ1v) is 5.22. The van der Waals surface area contributed by atoms with Crippen molar-refractivity contribution in [3.8, 4) is 12.3 Å². The van der Waals surface area contributed by atoms with Crippen LogP contribution in [-0.4, -0.2) is 24.5 Å². The molecule has 1 fully saturated rings. The minimum absolute atomic E-state index is 0.0742. The summed E-state index contributed by atoms with van der Waals surface area (Å²) in [7, 11) is 0. The Morgan fingerprint density at radius 1 is 1.64 bits per heavy atom. The van der Waals surface area contributed by atoms with Crippen LogP contribution in [-0.2, 0) is 4.79 Å². The molecular formula is C11H18N2O. The Labute approximate surface area is 85.6 Å². The van der Waals surface area contributed by atoms with Gasteiger partial charge in [0.25, 0.3) is 5.91 Å². The van der Waals surface area contributed by atoms with E-state index in [1.54, 1.807) is 0 Å². The summed E-state index contributed by atoms with van der Waals surface area (Å²) in [6, 6.07) is 0. The largest absolute Gasteiger partial charge is 0.343 e. The molecule has 1 aliphatic rings. The van der Waals surface area contributed by atoms with Gasteiger partial charge in [-0.1, -0.05) is 13.3 Å². The predicted octanol–water partition coefficient (Wildman–Crippen LogP) is 0.658. The lowest BCUT2D eigenvalue weighted by molar-refractivity contribution is -0.116. The van der Waals surface area contributed by atoms with Gasteiger partial charge in [-0.15, -0.1) is 6.42 Å². The van der Waals surface area contributed by atoms with E-state index in [0.29, 0.717) is 6.54 Å². The molecule has 0 aromatic rings. The van der Waals surface area contributed by atoms with E-state index in [0.717, 1.165) is 19.4 Å². The zero-order valence-electron chi connectivity index (χ0n) is 8.73. The van der Waals surface area contributed by atoms with Crippen molar-refractivity contribution in [2.75, 3.05) is 13.1 Å². The van der Waals surface area contributed by atoms with Gasteiger partial charge in [0.1, 0.15) is 0 Å². The van der Waals surface area contributed by atoms with E-state index >= 15 is 0 Å². The summed E-state index contributed by atoms with van der Waals surface area (Å²) >= 11 is 0. The predicted molar refractivity (Wildman–Crippen MR) is 56.7 cm³/mol. The molecule has 1 unspecified atom stereocenters. The quantitative estimate of drug-likeness (QED) is 0.648. The van der Waals surface area contributed by atoms with Gasteiger partial charge in [-0.05, 0) is 31.7 Å². The molecule has 14 heavy (non-hydrogen) atoms. The third-order valence-corrected chi connectivity index (χ3v) is 2.98. The maximum atomic E-state index is 10.9. The number of terminal acetylenes is 1. The molecule has 1 amide bonds. The first-order chi connectivity index (χ1) is 6.72. The van der Waals surface area contributed by atoms with Gasteiger partial charge in [0, 0.05) is 12.1 Å². The lowest BCUT2D eigenvalue weighted by Crippen LogP contribution is -2.55. The monoisotopic (exact) mass is 194 g/mol. The Balaban J connectivity index is 2.44. The summed E-state index contributed by atoms with van der Waals surface area (Å²) in [4.78, 5) is 10.9. The molecule has 1 saturated heterocycles. The van der Waals surface area contributed by atoms with E-state index in [1.165, 1.54) is 12.8 Å². The number of hydrogen-bond donors (Lipinski definition) is 2. The number of piperidine rings is 1.